The second-order valence-corrected chi connectivity index (χ2v) is 12.0. The van der Waals surface area contributed by atoms with Crippen molar-refractivity contribution < 1.29 is 14.2 Å². The van der Waals surface area contributed by atoms with Crippen molar-refractivity contribution in [2.45, 2.75) is 44.7 Å². The number of ether oxygens (including phenoxy) is 3. The zero-order chi connectivity index (χ0) is 32.2. The van der Waals surface area contributed by atoms with Gasteiger partial charge in [0.25, 0.3) is 0 Å². The van der Waals surface area contributed by atoms with Gasteiger partial charge in [0.1, 0.15) is 31.3 Å². The summed E-state index contributed by atoms with van der Waals surface area (Å²) in [7, 11) is 0. The number of nitrogens with zero attached hydrogens (tertiary/aromatic N) is 8. The largest absolute Gasteiger partial charge is 0.491 e. The lowest BCUT2D eigenvalue weighted by Crippen LogP contribution is -2.46. The van der Waals surface area contributed by atoms with Crippen molar-refractivity contribution in [3.8, 4) is 11.4 Å². The SMILES string of the molecule is CCC(C)n1ncn(-c2ccc(N3CCN(c4ccc(OC[C@@H]5CO[C@](Cn6nccn6)(c6ccccc6)O5)cc4)CC3)cc2)c1=O. The first kappa shape index (κ1) is 30.7. The number of anilines is 2. The molecule has 2 aromatic heterocycles. The summed E-state index contributed by atoms with van der Waals surface area (Å²) >= 11 is 0. The molecule has 0 amide bonds. The maximum Gasteiger partial charge on any atom is 0.350 e. The van der Waals surface area contributed by atoms with E-state index in [1.807, 2.05) is 61.5 Å². The molecule has 2 saturated heterocycles. The van der Waals surface area contributed by atoms with E-state index in [1.54, 1.807) is 32.8 Å². The summed E-state index contributed by atoms with van der Waals surface area (Å²) in [6.45, 7) is 8.79. The summed E-state index contributed by atoms with van der Waals surface area (Å²) in [4.78, 5) is 19.1. The average Bonchev–Trinajstić information content (AvgIpc) is 3.89. The number of hydrogen-bond donors (Lipinski definition) is 0. The molecule has 244 valence electrons. The summed E-state index contributed by atoms with van der Waals surface area (Å²) in [6, 6.07) is 26.4. The monoisotopic (exact) mass is 636 g/mol. The van der Waals surface area contributed by atoms with Gasteiger partial charge in [0.2, 0.25) is 5.79 Å². The first-order chi connectivity index (χ1) is 23.0. The molecule has 0 aliphatic carbocycles. The minimum atomic E-state index is -0.973. The van der Waals surface area contributed by atoms with Crippen LogP contribution < -0.4 is 20.2 Å². The fourth-order valence-electron chi connectivity index (χ4n) is 6.13. The standard InChI is InChI=1S/C35H40N8O4/c1-3-27(2)43-34(44)41(26-38-43)31-11-9-29(10-12-31)39-19-21-40(22-20-39)30-13-15-32(16-14-30)45-23-33-24-46-35(47-33,25-42-36-17-18-37-42)28-7-5-4-6-8-28/h4-18,26-27,33H,3,19-25H2,1-2H3/t27?,33-,35+/m1/s1. The van der Waals surface area contributed by atoms with Crippen LogP contribution in [0.4, 0.5) is 11.4 Å². The lowest BCUT2D eigenvalue weighted by atomic mass is 10.1. The number of rotatable bonds is 11. The van der Waals surface area contributed by atoms with E-state index in [2.05, 4.69) is 56.3 Å². The topological polar surface area (TPSA) is 105 Å². The molecule has 2 aliphatic heterocycles. The van der Waals surface area contributed by atoms with Crippen molar-refractivity contribution in [2.75, 3.05) is 49.2 Å². The molecule has 12 nitrogen and oxygen atoms in total. The maximum absolute atomic E-state index is 12.8. The van der Waals surface area contributed by atoms with Gasteiger partial charge in [-0.15, -0.1) is 0 Å². The highest BCUT2D eigenvalue weighted by molar-refractivity contribution is 5.54. The molecule has 0 spiro atoms. The Morgan fingerprint density at radius 1 is 0.851 bits per heavy atom. The van der Waals surface area contributed by atoms with Crippen molar-refractivity contribution in [3.63, 3.8) is 0 Å². The number of aromatic nitrogens is 6. The van der Waals surface area contributed by atoms with Gasteiger partial charge >= 0.3 is 5.69 Å². The first-order valence-electron chi connectivity index (χ1n) is 16.2. The Hall–Kier alpha value is -4.94. The molecule has 4 heterocycles. The fraction of sp³-hybridized carbons (Fsp3) is 0.371. The van der Waals surface area contributed by atoms with Crippen LogP contribution in [0.3, 0.4) is 0 Å². The van der Waals surface area contributed by atoms with Crippen molar-refractivity contribution >= 4 is 11.4 Å². The number of hydrogen-bond acceptors (Lipinski definition) is 9. The fourth-order valence-corrected chi connectivity index (χ4v) is 6.13. The Morgan fingerprint density at radius 3 is 2.11 bits per heavy atom. The molecule has 0 saturated carbocycles. The third-order valence-corrected chi connectivity index (χ3v) is 9.00. The van der Waals surface area contributed by atoms with Crippen LogP contribution >= 0.6 is 0 Å². The van der Waals surface area contributed by atoms with Crippen LogP contribution in [-0.2, 0) is 21.8 Å². The van der Waals surface area contributed by atoms with E-state index < -0.39 is 5.79 Å². The molecule has 47 heavy (non-hydrogen) atoms. The Balaban J connectivity index is 0.913. The minimum Gasteiger partial charge on any atom is -0.491 e. The van der Waals surface area contributed by atoms with Crippen LogP contribution in [0.15, 0.2) is 102 Å². The average molecular weight is 637 g/mol. The molecule has 0 radical (unpaired) electrons. The highest BCUT2D eigenvalue weighted by Crippen LogP contribution is 2.36. The lowest BCUT2D eigenvalue weighted by Gasteiger charge is -2.37. The Labute approximate surface area is 273 Å². The number of piperazine rings is 1. The third-order valence-electron chi connectivity index (χ3n) is 9.00. The molecular weight excluding hydrogens is 596 g/mol. The minimum absolute atomic E-state index is 0.0721. The lowest BCUT2D eigenvalue weighted by molar-refractivity contribution is -0.192. The smallest absolute Gasteiger partial charge is 0.350 e. The summed E-state index contributed by atoms with van der Waals surface area (Å²) in [5.41, 5.74) is 3.95. The predicted molar refractivity (Wildman–Crippen MR) is 178 cm³/mol. The van der Waals surface area contributed by atoms with Crippen molar-refractivity contribution in [2.24, 2.45) is 0 Å². The van der Waals surface area contributed by atoms with E-state index in [0.717, 1.165) is 55.3 Å². The van der Waals surface area contributed by atoms with Gasteiger partial charge in [-0.1, -0.05) is 37.3 Å². The van der Waals surface area contributed by atoms with E-state index >= 15 is 0 Å². The molecule has 3 atom stereocenters. The van der Waals surface area contributed by atoms with Gasteiger partial charge in [-0.25, -0.2) is 14.0 Å². The zero-order valence-electron chi connectivity index (χ0n) is 26.8. The van der Waals surface area contributed by atoms with E-state index in [4.69, 9.17) is 14.2 Å². The van der Waals surface area contributed by atoms with Gasteiger partial charge in [0.05, 0.1) is 30.7 Å². The van der Waals surface area contributed by atoms with Crippen LogP contribution in [0.2, 0.25) is 0 Å². The molecule has 5 aromatic rings. The maximum atomic E-state index is 12.8. The van der Waals surface area contributed by atoms with Crippen molar-refractivity contribution in [3.05, 3.63) is 114 Å². The van der Waals surface area contributed by atoms with Crippen LogP contribution in [0.25, 0.3) is 5.69 Å². The highest BCUT2D eigenvalue weighted by atomic mass is 16.8. The Bertz CT molecular complexity index is 1780. The highest BCUT2D eigenvalue weighted by Gasteiger charge is 2.44. The first-order valence-corrected chi connectivity index (χ1v) is 16.2. The molecular formula is C35H40N8O4. The predicted octanol–water partition coefficient (Wildman–Crippen LogP) is 4.27. The molecule has 0 N–H and O–H groups in total. The van der Waals surface area contributed by atoms with Gasteiger partial charge in [-0.3, -0.25) is 0 Å². The van der Waals surface area contributed by atoms with Crippen LogP contribution in [-0.4, -0.2) is 74.8 Å². The van der Waals surface area contributed by atoms with E-state index in [-0.39, 0.29) is 17.8 Å². The second-order valence-electron chi connectivity index (χ2n) is 12.0. The summed E-state index contributed by atoms with van der Waals surface area (Å²) in [5.74, 6) is -0.185. The van der Waals surface area contributed by atoms with E-state index in [9.17, 15) is 4.79 Å². The quantitative estimate of drug-likeness (QED) is 0.210. The van der Waals surface area contributed by atoms with Crippen LogP contribution in [0.1, 0.15) is 31.9 Å². The number of benzene rings is 3. The molecule has 3 aromatic carbocycles. The molecule has 2 fully saturated rings. The molecule has 0 bridgehead atoms. The molecule has 2 aliphatic rings. The third kappa shape index (κ3) is 6.51. The normalized spacial score (nSPS) is 20.4. The van der Waals surface area contributed by atoms with Crippen LogP contribution in [0.5, 0.6) is 5.75 Å². The van der Waals surface area contributed by atoms with Gasteiger partial charge < -0.3 is 24.0 Å². The Kier molecular flexibility index (Phi) is 8.77. The molecule has 7 rings (SSSR count). The molecule has 1 unspecified atom stereocenters. The molecule has 12 heteroatoms. The van der Waals surface area contributed by atoms with Gasteiger partial charge in [0.15, 0.2) is 0 Å². The summed E-state index contributed by atoms with van der Waals surface area (Å²) in [5, 5.41) is 12.8. The second kappa shape index (κ2) is 13.4. The zero-order valence-corrected chi connectivity index (χ0v) is 26.8. The van der Waals surface area contributed by atoms with Gasteiger partial charge in [-0.05, 0) is 61.9 Å². The van der Waals surface area contributed by atoms with Crippen molar-refractivity contribution in [1.82, 2.24) is 29.3 Å². The van der Waals surface area contributed by atoms with Crippen LogP contribution in [0, 0.1) is 0 Å². The van der Waals surface area contributed by atoms with E-state index in [0.29, 0.717) is 19.8 Å². The van der Waals surface area contributed by atoms with E-state index in [1.165, 1.54) is 5.69 Å². The van der Waals surface area contributed by atoms with Gasteiger partial charge in [-0.2, -0.15) is 20.1 Å². The summed E-state index contributed by atoms with van der Waals surface area (Å²) in [6.07, 6.45) is 5.51. The summed E-state index contributed by atoms with van der Waals surface area (Å²) < 4.78 is 22.0. The Morgan fingerprint density at radius 2 is 1.47 bits per heavy atom. The van der Waals surface area contributed by atoms with Gasteiger partial charge in [0, 0.05) is 43.1 Å². The van der Waals surface area contributed by atoms with Crippen molar-refractivity contribution in [1.29, 1.82) is 0 Å².